The number of rotatable bonds is 5. The van der Waals surface area contributed by atoms with Crippen molar-refractivity contribution in [2.24, 2.45) is 5.73 Å². The van der Waals surface area contributed by atoms with Crippen LogP contribution in [0.4, 0.5) is 0 Å². The Balaban J connectivity index is 2.70. The Hall–Kier alpha value is -1.06. The molecule has 17 heavy (non-hydrogen) atoms. The maximum Gasteiger partial charge on any atom is 0.115 e. The summed E-state index contributed by atoms with van der Waals surface area (Å²) in [5.74, 6) is 0.283. The fraction of sp³-hybridized carbons (Fsp3) is 0.571. The van der Waals surface area contributed by atoms with Crippen LogP contribution < -0.4 is 5.73 Å². The predicted octanol–water partition coefficient (Wildman–Crippen LogP) is 2.51. The van der Waals surface area contributed by atoms with E-state index >= 15 is 0 Å². The lowest BCUT2D eigenvalue weighted by Crippen LogP contribution is -2.41. The minimum absolute atomic E-state index is 0.0135. The smallest absolute Gasteiger partial charge is 0.115 e. The van der Waals surface area contributed by atoms with Gasteiger partial charge in [-0.3, -0.25) is 4.90 Å². The molecule has 1 atom stereocenters. The van der Waals surface area contributed by atoms with Crippen molar-refractivity contribution in [2.45, 2.75) is 45.8 Å². The summed E-state index contributed by atoms with van der Waals surface area (Å²) in [5, 5.41) is 9.25. The molecule has 1 aromatic rings. The Labute approximate surface area is 104 Å². The zero-order valence-electron chi connectivity index (χ0n) is 11.2. The molecular weight excluding hydrogens is 212 g/mol. The molecule has 1 rings (SSSR count). The second-order valence-corrected chi connectivity index (χ2v) is 5.08. The summed E-state index contributed by atoms with van der Waals surface area (Å²) in [4.78, 5) is 2.37. The molecule has 3 nitrogen and oxygen atoms in total. The maximum absolute atomic E-state index is 9.25. The Kier molecular flexibility index (Phi) is 4.97. The minimum Gasteiger partial charge on any atom is -0.508 e. The van der Waals surface area contributed by atoms with Crippen LogP contribution in [0.1, 0.15) is 39.3 Å². The highest BCUT2D eigenvalue weighted by Crippen LogP contribution is 2.18. The van der Waals surface area contributed by atoms with E-state index in [9.17, 15) is 5.11 Å². The molecule has 0 aliphatic rings. The molecule has 96 valence electrons. The molecule has 3 heteroatoms. The number of benzene rings is 1. The number of phenols is 1. The van der Waals surface area contributed by atoms with Gasteiger partial charge >= 0.3 is 0 Å². The Bertz CT molecular complexity index is 325. The summed E-state index contributed by atoms with van der Waals surface area (Å²) in [6.45, 7) is 9.57. The Morgan fingerprint density at radius 3 is 1.94 bits per heavy atom. The van der Waals surface area contributed by atoms with Gasteiger partial charge in [-0.2, -0.15) is 0 Å². The summed E-state index contributed by atoms with van der Waals surface area (Å²) in [6.07, 6.45) is 0. The van der Waals surface area contributed by atoms with E-state index in [2.05, 4.69) is 32.6 Å². The molecule has 0 aliphatic carbocycles. The lowest BCUT2D eigenvalue weighted by atomic mass is 10.1. The monoisotopic (exact) mass is 236 g/mol. The van der Waals surface area contributed by atoms with Crippen LogP contribution in [0, 0.1) is 0 Å². The molecular formula is C14H24N2O. The zero-order valence-corrected chi connectivity index (χ0v) is 11.2. The van der Waals surface area contributed by atoms with Gasteiger partial charge in [-0.25, -0.2) is 0 Å². The molecule has 0 amide bonds. The van der Waals surface area contributed by atoms with E-state index in [0.29, 0.717) is 12.1 Å². The number of aromatic hydroxyl groups is 1. The third-order valence-corrected chi connectivity index (χ3v) is 3.06. The third-order valence-electron chi connectivity index (χ3n) is 3.06. The first-order valence-electron chi connectivity index (χ1n) is 6.22. The van der Waals surface area contributed by atoms with Crippen molar-refractivity contribution < 1.29 is 5.11 Å². The van der Waals surface area contributed by atoms with Crippen molar-refractivity contribution in [3.8, 4) is 5.75 Å². The van der Waals surface area contributed by atoms with Gasteiger partial charge in [0.25, 0.3) is 0 Å². The highest BCUT2D eigenvalue weighted by atomic mass is 16.3. The first-order valence-corrected chi connectivity index (χ1v) is 6.22. The van der Waals surface area contributed by atoms with Gasteiger partial charge in [-0.05, 0) is 45.4 Å². The molecule has 0 heterocycles. The van der Waals surface area contributed by atoms with Gasteiger partial charge in [-0.15, -0.1) is 0 Å². The van der Waals surface area contributed by atoms with Crippen molar-refractivity contribution in [1.82, 2.24) is 4.90 Å². The molecule has 0 radical (unpaired) electrons. The van der Waals surface area contributed by atoms with Crippen LogP contribution in [-0.4, -0.2) is 28.6 Å². The topological polar surface area (TPSA) is 49.5 Å². The molecule has 0 fully saturated rings. The summed E-state index contributed by atoms with van der Waals surface area (Å²) >= 11 is 0. The highest BCUT2D eigenvalue weighted by Gasteiger charge is 2.17. The minimum atomic E-state index is -0.0135. The standard InChI is InChI=1S/C14H24N2O/c1-10(2)16(11(3)4)9-14(15)12-5-7-13(17)8-6-12/h5-8,10-11,14,17H,9,15H2,1-4H3. The molecule has 0 bridgehead atoms. The van der Waals surface area contributed by atoms with Gasteiger partial charge in [0.2, 0.25) is 0 Å². The van der Waals surface area contributed by atoms with Gasteiger partial charge < -0.3 is 10.8 Å². The van der Waals surface area contributed by atoms with Crippen molar-refractivity contribution in [1.29, 1.82) is 0 Å². The van der Waals surface area contributed by atoms with Gasteiger partial charge in [0, 0.05) is 24.7 Å². The molecule has 0 aromatic heterocycles. The normalized spacial score (nSPS) is 13.6. The zero-order chi connectivity index (χ0) is 13.0. The second-order valence-electron chi connectivity index (χ2n) is 5.08. The number of nitrogens with two attached hydrogens (primary N) is 1. The number of phenolic OH excluding ortho intramolecular Hbond substituents is 1. The SMILES string of the molecule is CC(C)N(CC(N)c1ccc(O)cc1)C(C)C. The van der Waals surface area contributed by atoms with E-state index < -0.39 is 0 Å². The Morgan fingerprint density at radius 2 is 1.53 bits per heavy atom. The van der Waals surface area contributed by atoms with E-state index in [1.54, 1.807) is 12.1 Å². The molecule has 0 saturated heterocycles. The molecule has 1 unspecified atom stereocenters. The summed E-state index contributed by atoms with van der Waals surface area (Å²) in [6, 6.07) is 8.10. The third kappa shape index (κ3) is 4.02. The van der Waals surface area contributed by atoms with Crippen LogP contribution in [-0.2, 0) is 0 Å². The van der Waals surface area contributed by atoms with Crippen molar-refractivity contribution in [3.05, 3.63) is 29.8 Å². The quantitative estimate of drug-likeness (QED) is 0.826. The average molecular weight is 236 g/mol. The van der Waals surface area contributed by atoms with E-state index in [-0.39, 0.29) is 11.8 Å². The summed E-state index contributed by atoms with van der Waals surface area (Å²) < 4.78 is 0. The van der Waals surface area contributed by atoms with Gasteiger partial charge in [0.05, 0.1) is 0 Å². The van der Waals surface area contributed by atoms with Crippen molar-refractivity contribution in [2.75, 3.05) is 6.54 Å². The van der Waals surface area contributed by atoms with Gasteiger partial charge in [0.1, 0.15) is 5.75 Å². The largest absolute Gasteiger partial charge is 0.508 e. The first kappa shape index (κ1) is 14.0. The molecule has 1 aromatic carbocycles. The number of hydrogen-bond donors (Lipinski definition) is 2. The summed E-state index contributed by atoms with van der Waals surface area (Å²) in [5.41, 5.74) is 7.26. The Morgan fingerprint density at radius 1 is 1.06 bits per heavy atom. The highest BCUT2D eigenvalue weighted by molar-refractivity contribution is 5.28. The average Bonchev–Trinajstić information content (AvgIpc) is 2.25. The van der Waals surface area contributed by atoms with Crippen molar-refractivity contribution in [3.63, 3.8) is 0 Å². The number of hydrogen-bond acceptors (Lipinski definition) is 3. The van der Waals surface area contributed by atoms with Gasteiger partial charge in [-0.1, -0.05) is 12.1 Å². The van der Waals surface area contributed by atoms with E-state index in [1.165, 1.54) is 0 Å². The summed E-state index contributed by atoms with van der Waals surface area (Å²) in [7, 11) is 0. The predicted molar refractivity (Wildman–Crippen MR) is 72.0 cm³/mol. The van der Waals surface area contributed by atoms with Gasteiger partial charge in [0.15, 0.2) is 0 Å². The number of nitrogens with zero attached hydrogens (tertiary/aromatic N) is 1. The van der Waals surface area contributed by atoms with E-state index in [0.717, 1.165) is 12.1 Å². The van der Waals surface area contributed by atoms with E-state index in [4.69, 9.17) is 5.73 Å². The molecule has 3 N–H and O–H groups in total. The van der Waals surface area contributed by atoms with Crippen LogP contribution in [0.25, 0.3) is 0 Å². The molecule has 0 saturated carbocycles. The second kappa shape index (κ2) is 6.03. The fourth-order valence-electron chi connectivity index (χ4n) is 2.07. The van der Waals surface area contributed by atoms with E-state index in [1.807, 2.05) is 12.1 Å². The maximum atomic E-state index is 9.25. The van der Waals surface area contributed by atoms with Crippen LogP contribution in [0.5, 0.6) is 5.75 Å². The fourth-order valence-corrected chi connectivity index (χ4v) is 2.07. The lowest BCUT2D eigenvalue weighted by Gasteiger charge is -2.32. The van der Waals surface area contributed by atoms with Crippen LogP contribution in [0.3, 0.4) is 0 Å². The van der Waals surface area contributed by atoms with Crippen molar-refractivity contribution >= 4 is 0 Å². The van der Waals surface area contributed by atoms with Crippen LogP contribution in [0.2, 0.25) is 0 Å². The molecule has 0 spiro atoms. The first-order chi connectivity index (χ1) is 7.91. The van der Waals surface area contributed by atoms with Crippen LogP contribution in [0.15, 0.2) is 24.3 Å². The van der Waals surface area contributed by atoms with Crippen LogP contribution >= 0.6 is 0 Å². The lowest BCUT2D eigenvalue weighted by molar-refractivity contribution is 0.164. The molecule has 0 aliphatic heterocycles.